The molecule has 0 aliphatic heterocycles. The highest BCUT2D eigenvalue weighted by atomic mass is 32.2. The highest BCUT2D eigenvalue weighted by Gasteiger charge is 2.16. The number of benzene rings is 3. The van der Waals surface area contributed by atoms with Crippen LogP contribution in [0.1, 0.15) is 11.1 Å². The molecular weight excluding hydrogens is 470 g/mol. The van der Waals surface area contributed by atoms with Crippen LogP contribution in [0.25, 0.3) is 0 Å². The van der Waals surface area contributed by atoms with Gasteiger partial charge in [-0.15, -0.1) is 0 Å². The fraction of sp³-hybridized carbons (Fsp3) is 0.200. The molecule has 0 bridgehead atoms. The number of carbonyl (C=O) groups excluding carboxylic acids is 1. The van der Waals surface area contributed by atoms with Crippen LogP contribution in [0.15, 0.2) is 82.8 Å². The lowest BCUT2D eigenvalue weighted by Gasteiger charge is -2.12. The highest BCUT2D eigenvalue weighted by molar-refractivity contribution is 7.89. The number of hydrogen-bond donors (Lipinski definition) is 1. The van der Waals surface area contributed by atoms with Gasteiger partial charge in [-0.1, -0.05) is 35.5 Å². The summed E-state index contributed by atoms with van der Waals surface area (Å²) in [5, 5.41) is 6.44. The minimum Gasteiger partial charge on any atom is -0.493 e. The zero-order valence-corrected chi connectivity index (χ0v) is 20.5. The van der Waals surface area contributed by atoms with Crippen LogP contribution in [-0.4, -0.2) is 52.7 Å². The number of nitrogens with zero attached hydrogens (tertiary/aromatic N) is 2. The van der Waals surface area contributed by atoms with E-state index >= 15 is 0 Å². The molecule has 9 nitrogen and oxygen atoms in total. The van der Waals surface area contributed by atoms with Crippen molar-refractivity contribution in [3.05, 3.63) is 83.9 Å². The Labute approximate surface area is 205 Å². The Balaban J connectivity index is 1.49. The predicted octanol–water partition coefficient (Wildman–Crippen LogP) is 3.51. The zero-order chi connectivity index (χ0) is 25.3. The van der Waals surface area contributed by atoms with E-state index in [2.05, 4.69) is 10.5 Å². The van der Waals surface area contributed by atoms with E-state index in [0.29, 0.717) is 29.4 Å². The molecule has 3 rings (SSSR count). The van der Waals surface area contributed by atoms with Gasteiger partial charge in [0.05, 0.1) is 18.2 Å². The van der Waals surface area contributed by atoms with Gasteiger partial charge in [0, 0.05) is 25.3 Å². The van der Waals surface area contributed by atoms with Crippen LogP contribution in [0.4, 0.5) is 5.69 Å². The van der Waals surface area contributed by atoms with E-state index in [9.17, 15) is 13.2 Å². The summed E-state index contributed by atoms with van der Waals surface area (Å²) in [7, 11) is 0.923. The topological polar surface area (TPSA) is 107 Å². The average Bonchev–Trinajstić information content (AvgIpc) is 2.86. The molecule has 0 aliphatic carbocycles. The molecule has 1 N–H and O–H groups in total. The predicted molar refractivity (Wildman–Crippen MR) is 133 cm³/mol. The molecule has 0 aromatic heterocycles. The van der Waals surface area contributed by atoms with Crippen molar-refractivity contribution in [2.75, 3.05) is 33.1 Å². The van der Waals surface area contributed by atoms with E-state index in [1.54, 1.807) is 25.3 Å². The summed E-state index contributed by atoms with van der Waals surface area (Å²) >= 11 is 0. The Morgan fingerprint density at radius 2 is 1.71 bits per heavy atom. The first-order valence-corrected chi connectivity index (χ1v) is 12.1. The lowest BCUT2D eigenvalue weighted by Crippen LogP contribution is -2.22. The van der Waals surface area contributed by atoms with Crippen molar-refractivity contribution in [1.29, 1.82) is 0 Å². The van der Waals surface area contributed by atoms with Gasteiger partial charge in [0.25, 0.3) is 5.91 Å². The second-order valence-corrected chi connectivity index (χ2v) is 9.70. The summed E-state index contributed by atoms with van der Waals surface area (Å²) in [5.74, 6) is 0.702. The van der Waals surface area contributed by atoms with Crippen molar-refractivity contribution < 1.29 is 27.5 Å². The first kappa shape index (κ1) is 25.7. The van der Waals surface area contributed by atoms with E-state index in [0.717, 1.165) is 9.87 Å². The third kappa shape index (κ3) is 7.29. The first-order chi connectivity index (χ1) is 16.8. The smallest absolute Gasteiger partial charge is 0.265 e. The lowest BCUT2D eigenvalue weighted by atomic mass is 10.2. The lowest BCUT2D eigenvalue weighted by molar-refractivity contribution is -0.120. The molecule has 35 heavy (non-hydrogen) atoms. The van der Waals surface area contributed by atoms with Crippen molar-refractivity contribution in [1.82, 2.24) is 4.31 Å². The quantitative estimate of drug-likeness (QED) is 0.321. The number of methoxy groups -OCH3 is 1. The summed E-state index contributed by atoms with van der Waals surface area (Å²) in [6, 6.07) is 21.0. The van der Waals surface area contributed by atoms with Crippen molar-refractivity contribution in [2.24, 2.45) is 5.16 Å². The fourth-order valence-corrected chi connectivity index (χ4v) is 3.83. The summed E-state index contributed by atoms with van der Waals surface area (Å²) in [6.07, 6.45) is 1.46. The maximum absolute atomic E-state index is 12.1. The maximum atomic E-state index is 12.1. The van der Waals surface area contributed by atoms with E-state index in [4.69, 9.17) is 14.3 Å². The van der Waals surface area contributed by atoms with Gasteiger partial charge in [-0.25, -0.2) is 12.7 Å². The van der Waals surface area contributed by atoms with Crippen LogP contribution in [-0.2, 0) is 26.3 Å². The highest BCUT2D eigenvalue weighted by Crippen LogP contribution is 2.28. The third-order valence-electron chi connectivity index (χ3n) is 4.81. The minimum absolute atomic E-state index is 0.133. The van der Waals surface area contributed by atoms with Crippen LogP contribution in [0.3, 0.4) is 0 Å². The number of rotatable bonds is 11. The van der Waals surface area contributed by atoms with Crippen molar-refractivity contribution in [2.45, 2.75) is 11.5 Å². The molecule has 0 saturated heterocycles. The van der Waals surface area contributed by atoms with Gasteiger partial charge in [0.2, 0.25) is 10.0 Å². The average molecular weight is 498 g/mol. The molecule has 0 unspecified atom stereocenters. The van der Waals surface area contributed by atoms with Crippen molar-refractivity contribution in [3.63, 3.8) is 0 Å². The zero-order valence-electron chi connectivity index (χ0n) is 19.7. The molecule has 0 spiro atoms. The van der Waals surface area contributed by atoms with Gasteiger partial charge >= 0.3 is 0 Å². The van der Waals surface area contributed by atoms with Gasteiger partial charge in [-0.2, -0.15) is 0 Å². The van der Waals surface area contributed by atoms with Gasteiger partial charge in [0.15, 0.2) is 18.1 Å². The molecule has 0 atom stereocenters. The van der Waals surface area contributed by atoms with Gasteiger partial charge in [0.1, 0.15) is 6.61 Å². The molecule has 1 amide bonds. The number of hydrogen-bond acceptors (Lipinski definition) is 7. The number of amides is 1. The van der Waals surface area contributed by atoms with Gasteiger partial charge < -0.3 is 19.6 Å². The molecule has 0 radical (unpaired) electrons. The molecule has 0 aliphatic rings. The third-order valence-corrected chi connectivity index (χ3v) is 6.64. The maximum Gasteiger partial charge on any atom is 0.265 e. The normalized spacial score (nSPS) is 11.4. The van der Waals surface area contributed by atoms with Crippen molar-refractivity contribution >= 4 is 27.8 Å². The second kappa shape index (κ2) is 12.0. The Bertz CT molecular complexity index is 1260. The number of oxime groups is 1. The largest absolute Gasteiger partial charge is 0.493 e. The second-order valence-electron chi connectivity index (χ2n) is 7.55. The Hall–Kier alpha value is -3.89. The fourth-order valence-electron chi connectivity index (χ4n) is 2.93. The number of nitrogens with one attached hydrogen (secondary N) is 1. The molecular formula is C25H27N3O6S. The van der Waals surface area contributed by atoms with Crippen molar-refractivity contribution in [3.8, 4) is 11.5 Å². The SMILES string of the molecule is COc1cc(/C=N/OCC(=O)Nc2ccc(S(=O)(=O)N(C)C)cc2)ccc1OCc1ccccc1. The Morgan fingerprint density at radius 3 is 2.37 bits per heavy atom. The molecule has 0 heterocycles. The summed E-state index contributed by atoms with van der Waals surface area (Å²) in [4.78, 5) is 17.3. The van der Waals surface area contributed by atoms with E-state index < -0.39 is 15.9 Å². The first-order valence-electron chi connectivity index (χ1n) is 10.6. The monoisotopic (exact) mass is 497 g/mol. The summed E-state index contributed by atoms with van der Waals surface area (Å²) in [5.41, 5.74) is 2.18. The minimum atomic E-state index is -3.53. The van der Waals surface area contributed by atoms with Gasteiger partial charge in [-0.05, 0) is 48.0 Å². The molecule has 0 fully saturated rings. The van der Waals surface area contributed by atoms with Crippen LogP contribution in [0.5, 0.6) is 11.5 Å². The summed E-state index contributed by atoms with van der Waals surface area (Å²) in [6.45, 7) is 0.0979. The standard InChI is InChI=1S/C25H27N3O6S/c1-28(2)35(30,31)22-12-10-21(11-13-22)27-25(29)18-34-26-16-20-9-14-23(24(15-20)32-3)33-17-19-7-5-4-6-8-19/h4-16H,17-18H2,1-3H3,(H,27,29)/b26-16+. The molecule has 184 valence electrons. The number of carbonyl (C=O) groups is 1. The molecule has 0 saturated carbocycles. The number of anilines is 1. The molecule has 3 aromatic rings. The van der Waals surface area contributed by atoms with E-state index in [1.807, 2.05) is 30.3 Å². The number of ether oxygens (including phenoxy) is 2. The van der Waals surface area contributed by atoms with Crippen LogP contribution < -0.4 is 14.8 Å². The van der Waals surface area contributed by atoms with Gasteiger partial charge in [-0.3, -0.25) is 4.79 Å². The van der Waals surface area contributed by atoms with E-state index in [1.165, 1.54) is 44.6 Å². The molecule has 3 aromatic carbocycles. The van der Waals surface area contributed by atoms with Crippen LogP contribution in [0, 0.1) is 0 Å². The molecule has 10 heteroatoms. The van der Waals surface area contributed by atoms with E-state index in [-0.39, 0.29) is 11.5 Å². The van der Waals surface area contributed by atoms with Crippen LogP contribution in [0.2, 0.25) is 0 Å². The van der Waals surface area contributed by atoms with Crippen LogP contribution >= 0.6 is 0 Å². The Kier molecular flexibility index (Phi) is 8.82. The summed E-state index contributed by atoms with van der Waals surface area (Å²) < 4.78 is 36.5. The Morgan fingerprint density at radius 1 is 1.00 bits per heavy atom. The number of sulfonamides is 1.